The van der Waals surface area contributed by atoms with Crippen molar-refractivity contribution in [1.29, 1.82) is 0 Å². The molecule has 14 heavy (non-hydrogen) atoms. The fraction of sp³-hybridized carbons (Fsp3) is 0.308. The molecule has 0 fully saturated rings. The molecular weight excluding hydrogens is 172 g/mol. The van der Waals surface area contributed by atoms with Crippen LogP contribution in [0.2, 0.25) is 0 Å². The fourth-order valence-electron chi connectivity index (χ4n) is 1.46. The van der Waals surface area contributed by atoms with Gasteiger partial charge in [-0.15, -0.1) is 0 Å². The molecule has 1 aromatic carbocycles. The molecule has 0 atom stereocenters. The first-order valence-electron chi connectivity index (χ1n) is 4.77. The molecule has 0 aliphatic carbocycles. The summed E-state index contributed by atoms with van der Waals surface area (Å²) in [6, 6.07) is 10.0. The molecule has 0 spiro atoms. The number of hydrogen-bond donors (Lipinski definition) is 0. The molecule has 1 aromatic rings. The summed E-state index contributed by atoms with van der Waals surface area (Å²) in [7, 11) is 0. The molecule has 1 rings (SSSR count). The monoisotopic (exact) mass is 188 g/mol. The topological polar surface area (TPSA) is 17.1 Å². The molecular formula is C13H16O. The molecule has 0 unspecified atom stereocenters. The summed E-state index contributed by atoms with van der Waals surface area (Å²) in [6.07, 6.45) is 2.50. The lowest BCUT2D eigenvalue weighted by Gasteiger charge is -2.22. The number of allylic oxidation sites excluding steroid dienone is 2. The van der Waals surface area contributed by atoms with Crippen molar-refractivity contribution in [2.75, 3.05) is 0 Å². The Morgan fingerprint density at radius 2 is 1.71 bits per heavy atom. The summed E-state index contributed by atoms with van der Waals surface area (Å²) in [6.45, 7) is 6.32. The van der Waals surface area contributed by atoms with Gasteiger partial charge in [-0.05, 0) is 22.6 Å². The van der Waals surface area contributed by atoms with Crippen molar-refractivity contribution in [3.63, 3.8) is 0 Å². The Labute approximate surface area is 85.5 Å². The second kappa shape index (κ2) is 4.23. The summed E-state index contributed by atoms with van der Waals surface area (Å²) < 4.78 is 0. The Kier molecular flexibility index (Phi) is 3.23. The Morgan fingerprint density at radius 1 is 1.14 bits per heavy atom. The average molecular weight is 188 g/mol. The molecule has 0 aromatic heterocycles. The first-order valence-corrected chi connectivity index (χ1v) is 4.77. The van der Waals surface area contributed by atoms with Crippen LogP contribution in [0.15, 0.2) is 36.4 Å². The highest BCUT2D eigenvalue weighted by Crippen LogP contribution is 2.33. The molecule has 1 heteroatoms. The Bertz CT molecular complexity index is 328. The van der Waals surface area contributed by atoms with E-state index in [1.165, 1.54) is 0 Å². The molecule has 0 aliphatic rings. The minimum absolute atomic E-state index is 0.00225. The maximum absolute atomic E-state index is 10.6. The van der Waals surface area contributed by atoms with Crippen LogP contribution in [-0.2, 0) is 4.79 Å². The summed E-state index contributed by atoms with van der Waals surface area (Å²) in [5, 5.41) is 0. The molecule has 0 radical (unpaired) electrons. The molecule has 0 saturated heterocycles. The van der Waals surface area contributed by atoms with Gasteiger partial charge in [0, 0.05) is 0 Å². The molecule has 74 valence electrons. The first kappa shape index (κ1) is 10.7. The van der Waals surface area contributed by atoms with Crippen molar-refractivity contribution in [3.8, 4) is 0 Å². The van der Waals surface area contributed by atoms with Crippen LogP contribution in [0.3, 0.4) is 0 Å². The maximum atomic E-state index is 10.6. The van der Waals surface area contributed by atoms with Gasteiger partial charge in [0.2, 0.25) is 0 Å². The molecule has 0 amide bonds. The summed E-state index contributed by atoms with van der Waals surface area (Å²) in [4.78, 5) is 10.6. The van der Waals surface area contributed by atoms with Gasteiger partial charge in [-0.1, -0.05) is 51.1 Å². The van der Waals surface area contributed by atoms with Crippen LogP contribution in [0.25, 0.3) is 5.57 Å². The number of rotatable bonds is 2. The van der Waals surface area contributed by atoms with E-state index in [0.717, 1.165) is 17.4 Å². The van der Waals surface area contributed by atoms with Gasteiger partial charge in [-0.3, -0.25) is 4.79 Å². The number of carbonyl (C=O) groups excluding carboxylic acids is 1. The van der Waals surface area contributed by atoms with Crippen LogP contribution in [0.1, 0.15) is 26.3 Å². The third-order valence-electron chi connectivity index (χ3n) is 2.13. The maximum Gasteiger partial charge on any atom is 0.143 e. The quantitative estimate of drug-likeness (QED) is 0.514. The van der Waals surface area contributed by atoms with Crippen LogP contribution in [-0.4, -0.2) is 6.29 Å². The Morgan fingerprint density at radius 3 is 2.14 bits per heavy atom. The van der Waals surface area contributed by atoms with E-state index in [9.17, 15) is 4.79 Å². The predicted molar refractivity (Wildman–Crippen MR) is 59.9 cm³/mol. The second-order valence-electron chi connectivity index (χ2n) is 4.33. The van der Waals surface area contributed by atoms with Crippen LogP contribution in [0.4, 0.5) is 0 Å². The third-order valence-corrected chi connectivity index (χ3v) is 2.13. The van der Waals surface area contributed by atoms with E-state index in [2.05, 4.69) is 20.8 Å². The summed E-state index contributed by atoms with van der Waals surface area (Å²) in [5.41, 5.74) is 2.20. The molecule has 0 aliphatic heterocycles. The summed E-state index contributed by atoms with van der Waals surface area (Å²) in [5.74, 6) is 0. The summed E-state index contributed by atoms with van der Waals surface area (Å²) >= 11 is 0. The average Bonchev–Trinajstić information content (AvgIpc) is 2.14. The van der Waals surface area contributed by atoms with E-state index in [-0.39, 0.29) is 5.41 Å². The molecule has 0 N–H and O–H groups in total. The number of carbonyl (C=O) groups is 1. The van der Waals surface area contributed by atoms with Gasteiger partial charge in [-0.25, -0.2) is 0 Å². The lowest BCUT2D eigenvalue weighted by Crippen LogP contribution is -2.08. The van der Waals surface area contributed by atoms with Gasteiger partial charge in [0.05, 0.1) is 0 Å². The molecule has 0 bridgehead atoms. The number of aldehydes is 1. The zero-order chi connectivity index (χ0) is 10.6. The van der Waals surface area contributed by atoms with Gasteiger partial charge in [0.25, 0.3) is 0 Å². The van der Waals surface area contributed by atoms with E-state index in [4.69, 9.17) is 0 Å². The fourth-order valence-corrected chi connectivity index (χ4v) is 1.46. The molecule has 1 nitrogen and oxygen atoms in total. The zero-order valence-corrected chi connectivity index (χ0v) is 8.95. The van der Waals surface area contributed by atoms with Gasteiger partial charge in [0.15, 0.2) is 0 Å². The minimum atomic E-state index is 0.00225. The van der Waals surface area contributed by atoms with Crippen LogP contribution in [0, 0.1) is 5.41 Å². The lowest BCUT2D eigenvalue weighted by molar-refractivity contribution is -0.104. The van der Waals surface area contributed by atoms with Gasteiger partial charge in [0.1, 0.15) is 6.29 Å². The highest BCUT2D eigenvalue weighted by Gasteiger charge is 2.17. The minimum Gasteiger partial charge on any atom is -0.299 e. The third kappa shape index (κ3) is 2.56. The predicted octanol–water partition coefficient (Wildman–Crippen LogP) is 3.32. The van der Waals surface area contributed by atoms with Gasteiger partial charge in [-0.2, -0.15) is 0 Å². The van der Waals surface area contributed by atoms with Crippen molar-refractivity contribution in [3.05, 3.63) is 42.0 Å². The normalized spacial score (nSPS) is 12.6. The van der Waals surface area contributed by atoms with Crippen molar-refractivity contribution in [1.82, 2.24) is 0 Å². The first-order chi connectivity index (χ1) is 6.55. The van der Waals surface area contributed by atoms with Crippen LogP contribution in [0.5, 0.6) is 0 Å². The zero-order valence-electron chi connectivity index (χ0n) is 8.95. The number of hydrogen-bond acceptors (Lipinski definition) is 1. The van der Waals surface area contributed by atoms with Crippen molar-refractivity contribution >= 4 is 11.9 Å². The Hall–Kier alpha value is -1.37. The van der Waals surface area contributed by atoms with E-state index in [1.807, 2.05) is 30.3 Å². The van der Waals surface area contributed by atoms with Gasteiger partial charge >= 0.3 is 0 Å². The van der Waals surface area contributed by atoms with E-state index >= 15 is 0 Å². The van der Waals surface area contributed by atoms with E-state index in [0.29, 0.717) is 0 Å². The smallest absolute Gasteiger partial charge is 0.143 e. The lowest BCUT2D eigenvalue weighted by atomic mass is 9.82. The van der Waals surface area contributed by atoms with E-state index in [1.54, 1.807) is 6.08 Å². The van der Waals surface area contributed by atoms with Crippen LogP contribution < -0.4 is 0 Å². The van der Waals surface area contributed by atoms with Crippen LogP contribution >= 0.6 is 0 Å². The van der Waals surface area contributed by atoms with Crippen molar-refractivity contribution in [2.45, 2.75) is 20.8 Å². The van der Waals surface area contributed by atoms with Gasteiger partial charge < -0.3 is 0 Å². The molecule has 0 heterocycles. The number of benzene rings is 1. The highest BCUT2D eigenvalue weighted by atomic mass is 16.1. The van der Waals surface area contributed by atoms with Crippen molar-refractivity contribution in [2.24, 2.45) is 5.41 Å². The standard InChI is InChI=1S/C13H16O/c1-13(2,3)12(9-10-14)11-7-5-4-6-8-11/h4-10H,1-3H3/b12-9+. The van der Waals surface area contributed by atoms with Crippen molar-refractivity contribution < 1.29 is 4.79 Å². The molecule has 0 saturated carbocycles. The highest BCUT2D eigenvalue weighted by molar-refractivity contribution is 5.83. The van der Waals surface area contributed by atoms with E-state index < -0.39 is 0 Å². The Balaban J connectivity index is 3.15. The second-order valence-corrected chi connectivity index (χ2v) is 4.33. The largest absolute Gasteiger partial charge is 0.299 e. The SMILES string of the molecule is CC(C)(C)/C(=C/C=O)c1ccccc1.